The number of aryl methyl sites for hydroxylation is 1. The Bertz CT molecular complexity index is 1130. The lowest BCUT2D eigenvalue weighted by Crippen LogP contribution is -2.22. The molecule has 4 rings (SSSR count). The van der Waals surface area contributed by atoms with Gasteiger partial charge in [0.25, 0.3) is 5.91 Å². The van der Waals surface area contributed by atoms with Crippen molar-refractivity contribution >= 4 is 28.4 Å². The molecular formula is C24H22ClN3O. The van der Waals surface area contributed by atoms with Gasteiger partial charge < -0.3 is 5.32 Å². The molecule has 4 aromatic rings. The van der Waals surface area contributed by atoms with E-state index in [9.17, 15) is 4.79 Å². The summed E-state index contributed by atoms with van der Waals surface area (Å²) < 4.78 is 1.90. The summed E-state index contributed by atoms with van der Waals surface area (Å²) in [6.45, 7) is 3.25. The number of fused-ring (bicyclic) bond motifs is 1. The molecular weight excluding hydrogens is 382 g/mol. The summed E-state index contributed by atoms with van der Waals surface area (Å²) in [5.74, 6) is -0.0919. The monoisotopic (exact) mass is 403 g/mol. The molecule has 1 heterocycles. The number of carbonyl (C=O) groups is 1. The SMILES string of the molecule is CCc1ccc(CNC(=O)c2ccc3cnn(Cc4ccc(Cl)cc4)c3c2)cc1. The van der Waals surface area contributed by atoms with Crippen molar-refractivity contribution in [2.24, 2.45) is 0 Å². The molecule has 1 N–H and O–H groups in total. The van der Waals surface area contributed by atoms with Gasteiger partial charge in [0.2, 0.25) is 0 Å². The third kappa shape index (κ3) is 4.49. The molecule has 0 aliphatic heterocycles. The molecule has 0 atom stereocenters. The minimum absolute atomic E-state index is 0.0919. The molecule has 0 aliphatic carbocycles. The van der Waals surface area contributed by atoms with Crippen LogP contribution in [-0.4, -0.2) is 15.7 Å². The van der Waals surface area contributed by atoms with Gasteiger partial charge >= 0.3 is 0 Å². The Labute approximate surface area is 175 Å². The number of halogens is 1. The van der Waals surface area contributed by atoms with Crippen LogP contribution in [0.1, 0.15) is 34.0 Å². The second-order valence-corrected chi connectivity index (χ2v) is 7.49. The van der Waals surface area contributed by atoms with E-state index in [2.05, 4.69) is 41.6 Å². The maximum atomic E-state index is 12.7. The van der Waals surface area contributed by atoms with Gasteiger partial charge in [0, 0.05) is 22.5 Å². The average molecular weight is 404 g/mol. The van der Waals surface area contributed by atoms with E-state index in [-0.39, 0.29) is 5.91 Å². The standard InChI is InChI=1S/C24H22ClN3O/c1-2-17-3-5-18(6-4-17)14-26-24(29)20-9-10-21-15-27-28(23(21)13-20)16-19-7-11-22(25)12-8-19/h3-13,15H,2,14,16H2,1H3,(H,26,29). The molecule has 29 heavy (non-hydrogen) atoms. The van der Waals surface area contributed by atoms with Crippen LogP contribution in [0.4, 0.5) is 0 Å². The van der Waals surface area contributed by atoms with Gasteiger partial charge in [0.15, 0.2) is 0 Å². The molecule has 0 saturated carbocycles. The summed E-state index contributed by atoms with van der Waals surface area (Å²) in [6, 6.07) is 21.7. The number of aromatic nitrogens is 2. The average Bonchev–Trinajstić information content (AvgIpc) is 3.16. The zero-order valence-electron chi connectivity index (χ0n) is 16.2. The highest BCUT2D eigenvalue weighted by Gasteiger charge is 2.10. The molecule has 146 valence electrons. The summed E-state index contributed by atoms with van der Waals surface area (Å²) >= 11 is 5.97. The van der Waals surface area contributed by atoms with Gasteiger partial charge in [-0.15, -0.1) is 0 Å². The van der Waals surface area contributed by atoms with Gasteiger partial charge in [0.1, 0.15) is 0 Å². The lowest BCUT2D eigenvalue weighted by Gasteiger charge is -2.08. The van der Waals surface area contributed by atoms with Gasteiger partial charge in [-0.3, -0.25) is 9.48 Å². The molecule has 3 aromatic carbocycles. The minimum Gasteiger partial charge on any atom is -0.348 e. The lowest BCUT2D eigenvalue weighted by atomic mass is 10.1. The van der Waals surface area contributed by atoms with Crippen LogP contribution in [0.15, 0.2) is 72.9 Å². The molecule has 4 nitrogen and oxygen atoms in total. The fraction of sp³-hybridized carbons (Fsp3) is 0.167. The van der Waals surface area contributed by atoms with Crippen molar-refractivity contribution in [3.05, 3.63) is 100 Å². The van der Waals surface area contributed by atoms with Gasteiger partial charge in [-0.1, -0.05) is 61.0 Å². The molecule has 0 aliphatic rings. The maximum absolute atomic E-state index is 12.7. The summed E-state index contributed by atoms with van der Waals surface area (Å²) in [5, 5.41) is 9.19. The van der Waals surface area contributed by atoms with Crippen LogP contribution in [0.5, 0.6) is 0 Å². The van der Waals surface area contributed by atoms with Crippen LogP contribution < -0.4 is 5.32 Å². The van der Waals surface area contributed by atoms with Crippen molar-refractivity contribution in [3.63, 3.8) is 0 Å². The molecule has 5 heteroatoms. The predicted octanol–water partition coefficient (Wildman–Crippen LogP) is 5.23. The van der Waals surface area contributed by atoms with Gasteiger partial charge in [0.05, 0.1) is 18.3 Å². The quantitative estimate of drug-likeness (QED) is 0.479. The Morgan fingerprint density at radius 1 is 0.966 bits per heavy atom. The Balaban J connectivity index is 1.49. The van der Waals surface area contributed by atoms with Crippen molar-refractivity contribution in [1.82, 2.24) is 15.1 Å². The number of nitrogens with zero attached hydrogens (tertiary/aromatic N) is 2. The van der Waals surface area contributed by atoms with Crippen LogP contribution in [0.25, 0.3) is 10.9 Å². The fourth-order valence-electron chi connectivity index (χ4n) is 3.28. The highest BCUT2D eigenvalue weighted by atomic mass is 35.5. The number of rotatable bonds is 6. The van der Waals surface area contributed by atoms with Gasteiger partial charge in [-0.05, 0) is 47.4 Å². The van der Waals surface area contributed by atoms with E-state index < -0.39 is 0 Å². The molecule has 0 bridgehead atoms. The van der Waals surface area contributed by atoms with E-state index in [0.29, 0.717) is 23.7 Å². The van der Waals surface area contributed by atoms with E-state index in [1.807, 2.05) is 53.3 Å². The Kier molecular flexibility index (Phi) is 5.63. The fourth-order valence-corrected chi connectivity index (χ4v) is 3.40. The van der Waals surface area contributed by atoms with Gasteiger partial charge in [-0.25, -0.2) is 0 Å². The highest BCUT2D eigenvalue weighted by molar-refractivity contribution is 6.30. The summed E-state index contributed by atoms with van der Waals surface area (Å²) in [7, 11) is 0. The second kappa shape index (κ2) is 8.50. The second-order valence-electron chi connectivity index (χ2n) is 7.06. The molecule has 0 fully saturated rings. The molecule has 0 saturated heterocycles. The van der Waals surface area contributed by atoms with E-state index in [4.69, 9.17) is 11.6 Å². The number of nitrogens with one attached hydrogen (secondary N) is 1. The largest absolute Gasteiger partial charge is 0.348 e. The van der Waals surface area contributed by atoms with E-state index >= 15 is 0 Å². The zero-order valence-corrected chi connectivity index (χ0v) is 17.0. The number of benzene rings is 3. The molecule has 1 amide bonds. The van der Waals surface area contributed by atoms with Crippen LogP contribution in [0, 0.1) is 0 Å². The Morgan fingerprint density at radius 3 is 2.38 bits per heavy atom. The number of hydrogen-bond acceptors (Lipinski definition) is 2. The summed E-state index contributed by atoms with van der Waals surface area (Å²) in [6.07, 6.45) is 2.83. The molecule has 1 aromatic heterocycles. The van der Waals surface area contributed by atoms with Crippen LogP contribution in [-0.2, 0) is 19.5 Å². The van der Waals surface area contributed by atoms with Crippen molar-refractivity contribution in [2.75, 3.05) is 0 Å². The first-order valence-electron chi connectivity index (χ1n) is 9.68. The normalized spacial score (nSPS) is 11.0. The molecule has 0 radical (unpaired) electrons. The van der Waals surface area contributed by atoms with Crippen molar-refractivity contribution in [3.8, 4) is 0 Å². The maximum Gasteiger partial charge on any atom is 0.251 e. The Morgan fingerprint density at radius 2 is 1.66 bits per heavy atom. The third-order valence-electron chi connectivity index (χ3n) is 5.04. The number of amides is 1. The highest BCUT2D eigenvalue weighted by Crippen LogP contribution is 2.18. The first-order valence-corrected chi connectivity index (χ1v) is 10.1. The molecule has 0 unspecified atom stereocenters. The molecule has 0 spiro atoms. The smallest absolute Gasteiger partial charge is 0.251 e. The number of hydrogen-bond donors (Lipinski definition) is 1. The summed E-state index contributed by atoms with van der Waals surface area (Å²) in [5.41, 5.74) is 5.04. The third-order valence-corrected chi connectivity index (χ3v) is 5.29. The number of carbonyl (C=O) groups excluding carboxylic acids is 1. The van der Waals surface area contributed by atoms with Crippen molar-refractivity contribution in [1.29, 1.82) is 0 Å². The summed E-state index contributed by atoms with van der Waals surface area (Å²) in [4.78, 5) is 12.7. The van der Waals surface area contributed by atoms with Crippen LogP contribution in [0.2, 0.25) is 5.02 Å². The predicted molar refractivity (Wildman–Crippen MR) is 117 cm³/mol. The van der Waals surface area contributed by atoms with Crippen LogP contribution >= 0.6 is 11.6 Å². The van der Waals surface area contributed by atoms with Crippen molar-refractivity contribution < 1.29 is 4.79 Å². The minimum atomic E-state index is -0.0919. The first kappa shape index (κ1) is 19.2. The van der Waals surface area contributed by atoms with E-state index in [1.165, 1.54) is 5.56 Å². The lowest BCUT2D eigenvalue weighted by molar-refractivity contribution is 0.0951. The Hall–Kier alpha value is -3.11. The van der Waals surface area contributed by atoms with Gasteiger partial charge in [-0.2, -0.15) is 5.10 Å². The topological polar surface area (TPSA) is 46.9 Å². The van der Waals surface area contributed by atoms with E-state index in [1.54, 1.807) is 0 Å². The van der Waals surface area contributed by atoms with Crippen LogP contribution in [0.3, 0.4) is 0 Å². The first-order chi connectivity index (χ1) is 14.1. The van der Waals surface area contributed by atoms with Crippen molar-refractivity contribution in [2.45, 2.75) is 26.4 Å². The van der Waals surface area contributed by atoms with E-state index in [0.717, 1.165) is 28.5 Å². The zero-order chi connectivity index (χ0) is 20.2.